The highest BCUT2D eigenvalue weighted by Gasteiger charge is 2.20. The topological polar surface area (TPSA) is 65.0 Å². The van der Waals surface area contributed by atoms with Crippen molar-refractivity contribution in [3.05, 3.63) is 26.3 Å². The van der Waals surface area contributed by atoms with Crippen molar-refractivity contribution in [2.75, 3.05) is 7.11 Å². The number of thiophene rings is 1. The van der Waals surface area contributed by atoms with E-state index in [0.717, 1.165) is 15.2 Å². The third-order valence-electron chi connectivity index (χ3n) is 3.23. The van der Waals surface area contributed by atoms with Gasteiger partial charge in [-0.2, -0.15) is 0 Å². The standard InChI is InChI=1S/C14H12ClN3O2S3/c1-5-6(2)21-11-8(5)12(17-7(3)16-11)23-14-18-10(15)9(22-14)13(19)20-4/h1-4H3. The molecular formula is C14H12ClN3O2S3. The average Bonchev–Trinajstić information content (AvgIpc) is 2.98. The number of aryl methyl sites for hydroxylation is 3. The summed E-state index contributed by atoms with van der Waals surface area (Å²) in [5.74, 6) is 0.225. The van der Waals surface area contributed by atoms with Crippen molar-refractivity contribution < 1.29 is 9.53 Å². The van der Waals surface area contributed by atoms with E-state index in [1.54, 1.807) is 11.3 Å². The summed E-state index contributed by atoms with van der Waals surface area (Å²) >= 11 is 10.3. The van der Waals surface area contributed by atoms with Crippen LogP contribution < -0.4 is 0 Å². The number of rotatable bonds is 3. The molecular weight excluding hydrogens is 374 g/mol. The molecule has 0 fully saturated rings. The van der Waals surface area contributed by atoms with E-state index in [0.29, 0.717) is 15.0 Å². The number of methoxy groups -OCH3 is 1. The summed E-state index contributed by atoms with van der Waals surface area (Å²) in [6.07, 6.45) is 0. The number of aromatic nitrogens is 3. The minimum atomic E-state index is -0.481. The number of thiazole rings is 1. The molecule has 0 N–H and O–H groups in total. The van der Waals surface area contributed by atoms with Gasteiger partial charge in [0.1, 0.15) is 15.7 Å². The fraction of sp³-hybridized carbons (Fsp3) is 0.286. The van der Waals surface area contributed by atoms with Crippen LogP contribution in [0.2, 0.25) is 5.15 Å². The molecule has 0 saturated carbocycles. The molecule has 0 atom stereocenters. The first-order valence-corrected chi connectivity index (χ1v) is 9.40. The largest absolute Gasteiger partial charge is 0.465 e. The average molecular weight is 386 g/mol. The lowest BCUT2D eigenvalue weighted by Gasteiger charge is -2.02. The highest BCUT2D eigenvalue weighted by molar-refractivity contribution is 8.01. The predicted octanol–water partition coefficient (Wildman–Crippen LogP) is 4.66. The number of fused-ring (bicyclic) bond motifs is 1. The van der Waals surface area contributed by atoms with Crippen LogP contribution in [0.3, 0.4) is 0 Å². The minimum Gasteiger partial charge on any atom is -0.465 e. The second-order valence-corrected chi connectivity index (χ2v) is 8.53. The fourth-order valence-corrected chi connectivity index (χ4v) is 5.63. The van der Waals surface area contributed by atoms with Gasteiger partial charge in [0.15, 0.2) is 14.4 Å². The molecule has 5 nitrogen and oxygen atoms in total. The Balaban J connectivity index is 2.07. The summed E-state index contributed by atoms with van der Waals surface area (Å²) in [4.78, 5) is 27.4. The van der Waals surface area contributed by atoms with Gasteiger partial charge in [-0.1, -0.05) is 22.9 Å². The SMILES string of the molecule is COC(=O)c1sc(Sc2nc(C)nc3sc(C)c(C)c23)nc1Cl. The van der Waals surface area contributed by atoms with E-state index in [-0.39, 0.29) is 5.15 Å². The molecule has 0 aliphatic heterocycles. The Kier molecular flexibility index (Phi) is 4.59. The zero-order chi connectivity index (χ0) is 16.7. The van der Waals surface area contributed by atoms with Crippen molar-refractivity contribution in [2.24, 2.45) is 0 Å². The van der Waals surface area contributed by atoms with Gasteiger partial charge in [-0.3, -0.25) is 0 Å². The molecule has 0 aliphatic carbocycles. The number of halogens is 1. The lowest BCUT2D eigenvalue weighted by atomic mass is 10.2. The van der Waals surface area contributed by atoms with E-state index in [9.17, 15) is 4.79 Å². The van der Waals surface area contributed by atoms with E-state index in [2.05, 4.69) is 28.8 Å². The van der Waals surface area contributed by atoms with Crippen molar-refractivity contribution in [3.8, 4) is 0 Å². The quantitative estimate of drug-likeness (QED) is 0.482. The molecule has 0 aliphatic rings. The molecule has 3 aromatic rings. The highest BCUT2D eigenvalue weighted by atomic mass is 35.5. The van der Waals surface area contributed by atoms with E-state index in [4.69, 9.17) is 16.3 Å². The van der Waals surface area contributed by atoms with Crippen LogP contribution >= 0.6 is 46.0 Å². The van der Waals surface area contributed by atoms with Crippen molar-refractivity contribution in [1.82, 2.24) is 15.0 Å². The highest BCUT2D eigenvalue weighted by Crippen LogP contribution is 2.40. The van der Waals surface area contributed by atoms with Gasteiger partial charge < -0.3 is 4.74 Å². The summed E-state index contributed by atoms with van der Waals surface area (Å²) in [5.41, 5.74) is 1.17. The molecule has 3 heterocycles. The molecule has 0 saturated heterocycles. The zero-order valence-electron chi connectivity index (χ0n) is 12.8. The van der Waals surface area contributed by atoms with Gasteiger partial charge in [0.2, 0.25) is 0 Å². The van der Waals surface area contributed by atoms with E-state index < -0.39 is 5.97 Å². The number of esters is 1. The molecule has 9 heteroatoms. The second-order valence-electron chi connectivity index (χ2n) is 4.73. The van der Waals surface area contributed by atoms with E-state index in [1.807, 2.05) is 6.92 Å². The van der Waals surface area contributed by atoms with Crippen molar-refractivity contribution in [3.63, 3.8) is 0 Å². The molecule has 0 spiro atoms. The zero-order valence-corrected chi connectivity index (χ0v) is 16.0. The van der Waals surface area contributed by atoms with Crippen LogP contribution in [0.25, 0.3) is 10.2 Å². The second kappa shape index (κ2) is 6.35. The van der Waals surface area contributed by atoms with Crippen LogP contribution in [0.4, 0.5) is 0 Å². The molecule has 0 bridgehead atoms. The van der Waals surface area contributed by atoms with Crippen LogP contribution in [0.1, 0.15) is 25.9 Å². The van der Waals surface area contributed by atoms with Crippen LogP contribution in [-0.2, 0) is 4.74 Å². The van der Waals surface area contributed by atoms with Crippen LogP contribution in [0.15, 0.2) is 9.37 Å². The van der Waals surface area contributed by atoms with Crippen molar-refractivity contribution in [2.45, 2.75) is 30.1 Å². The van der Waals surface area contributed by atoms with Gasteiger partial charge in [-0.15, -0.1) is 11.3 Å². The summed E-state index contributed by atoms with van der Waals surface area (Å²) in [5, 5.41) is 2.02. The molecule has 0 radical (unpaired) electrons. The number of nitrogens with zero attached hydrogens (tertiary/aromatic N) is 3. The molecule has 0 aromatic carbocycles. The Hall–Kier alpha value is -1.22. The number of carbonyl (C=O) groups excluding carboxylic acids is 1. The maximum Gasteiger partial charge on any atom is 0.351 e. The summed E-state index contributed by atoms with van der Waals surface area (Å²) in [7, 11) is 1.32. The lowest BCUT2D eigenvalue weighted by Crippen LogP contribution is -1.98. The normalized spacial score (nSPS) is 11.2. The Bertz CT molecular complexity index is 920. The van der Waals surface area contributed by atoms with E-state index in [1.165, 1.54) is 40.6 Å². The first-order valence-electron chi connectivity index (χ1n) is 6.57. The van der Waals surface area contributed by atoms with Gasteiger partial charge in [-0.05, 0) is 38.1 Å². The molecule has 0 unspecified atom stereocenters. The maximum absolute atomic E-state index is 11.7. The molecule has 3 aromatic heterocycles. The Morgan fingerprint density at radius 2 is 1.91 bits per heavy atom. The third-order valence-corrected chi connectivity index (χ3v) is 6.80. The minimum absolute atomic E-state index is 0.157. The Morgan fingerprint density at radius 1 is 1.17 bits per heavy atom. The monoisotopic (exact) mass is 385 g/mol. The van der Waals surface area contributed by atoms with Crippen molar-refractivity contribution >= 4 is 62.2 Å². The molecule has 0 amide bonds. The van der Waals surface area contributed by atoms with Crippen molar-refractivity contribution in [1.29, 1.82) is 0 Å². The summed E-state index contributed by atoms with van der Waals surface area (Å²) < 4.78 is 5.36. The van der Waals surface area contributed by atoms with Gasteiger partial charge >= 0.3 is 5.97 Å². The van der Waals surface area contributed by atoms with Gasteiger partial charge in [0, 0.05) is 10.3 Å². The number of hydrogen-bond acceptors (Lipinski definition) is 8. The first-order chi connectivity index (χ1) is 10.9. The fourth-order valence-electron chi connectivity index (χ4n) is 2.02. The van der Waals surface area contributed by atoms with Gasteiger partial charge in [0.25, 0.3) is 0 Å². The summed E-state index contributed by atoms with van der Waals surface area (Å²) in [6, 6.07) is 0. The van der Waals surface area contributed by atoms with Crippen LogP contribution in [0, 0.1) is 20.8 Å². The molecule has 3 rings (SSSR count). The van der Waals surface area contributed by atoms with Crippen LogP contribution in [-0.4, -0.2) is 28.0 Å². The number of hydrogen-bond donors (Lipinski definition) is 0. The third kappa shape index (κ3) is 3.08. The Morgan fingerprint density at radius 3 is 2.61 bits per heavy atom. The maximum atomic E-state index is 11.7. The number of ether oxygens (including phenoxy) is 1. The lowest BCUT2D eigenvalue weighted by molar-refractivity contribution is 0.0606. The van der Waals surface area contributed by atoms with Gasteiger partial charge in [0.05, 0.1) is 7.11 Å². The van der Waals surface area contributed by atoms with E-state index >= 15 is 0 Å². The molecule has 23 heavy (non-hydrogen) atoms. The predicted molar refractivity (Wildman–Crippen MR) is 94.2 cm³/mol. The molecule has 120 valence electrons. The summed E-state index contributed by atoms with van der Waals surface area (Å²) in [6.45, 7) is 6.00. The number of carbonyl (C=O) groups is 1. The smallest absolute Gasteiger partial charge is 0.351 e. The Labute approximate surface area is 150 Å². The van der Waals surface area contributed by atoms with Gasteiger partial charge in [-0.25, -0.2) is 19.7 Å². The van der Waals surface area contributed by atoms with Crippen LogP contribution in [0.5, 0.6) is 0 Å². The first kappa shape index (κ1) is 16.6.